The fourth-order valence-corrected chi connectivity index (χ4v) is 3.08. The average molecular weight is 307 g/mol. The van der Waals surface area contributed by atoms with Gasteiger partial charge in [0.15, 0.2) is 0 Å². The van der Waals surface area contributed by atoms with Crippen molar-refractivity contribution in [2.24, 2.45) is 5.92 Å². The summed E-state index contributed by atoms with van der Waals surface area (Å²) >= 11 is 0. The average Bonchev–Trinajstić information content (AvgIpc) is 2.17. The minimum atomic E-state index is -3.43. The van der Waals surface area contributed by atoms with Crippen molar-refractivity contribution in [3.05, 3.63) is 0 Å². The summed E-state index contributed by atoms with van der Waals surface area (Å²) in [6, 6.07) is -0.000685. The molecule has 0 aliphatic heterocycles. The van der Waals surface area contributed by atoms with Crippen LogP contribution in [-0.4, -0.2) is 38.5 Å². The highest BCUT2D eigenvalue weighted by Crippen LogP contribution is 2.28. The van der Waals surface area contributed by atoms with Crippen molar-refractivity contribution in [2.45, 2.75) is 64.7 Å². The zero-order chi connectivity index (χ0) is 15.6. The van der Waals surface area contributed by atoms with Gasteiger partial charge < -0.3 is 10.1 Å². The zero-order valence-electron chi connectivity index (χ0n) is 12.8. The van der Waals surface area contributed by atoms with Gasteiger partial charge in [-0.25, -0.2) is 4.79 Å². The molecular weight excluding hydrogens is 282 g/mol. The Morgan fingerprint density at radius 1 is 1.25 bits per heavy atom. The molecule has 1 amide bonds. The summed E-state index contributed by atoms with van der Waals surface area (Å²) in [5.74, 6) is 0.0680. The third-order valence-electron chi connectivity index (χ3n) is 3.11. The van der Waals surface area contributed by atoms with Crippen LogP contribution in [0.25, 0.3) is 0 Å². The predicted molar refractivity (Wildman–Crippen MR) is 75.9 cm³/mol. The van der Waals surface area contributed by atoms with E-state index >= 15 is 0 Å². The van der Waals surface area contributed by atoms with Gasteiger partial charge in [0.2, 0.25) is 0 Å². The number of carbonyl (C=O) groups excluding carboxylic acids is 1. The van der Waals surface area contributed by atoms with Gasteiger partial charge in [-0.1, -0.05) is 6.92 Å². The predicted octanol–water partition coefficient (Wildman–Crippen LogP) is 2.04. The van der Waals surface area contributed by atoms with Gasteiger partial charge in [-0.15, -0.1) is 0 Å². The van der Waals surface area contributed by atoms with Crippen molar-refractivity contribution in [2.75, 3.05) is 6.26 Å². The van der Waals surface area contributed by atoms with E-state index in [0.29, 0.717) is 19.3 Å². The first kappa shape index (κ1) is 17.2. The van der Waals surface area contributed by atoms with E-state index in [1.54, 1.807) is 0 Å². The first-order valence-corrected chi connectivity index (χ1v) is 8.66. The molecule has 3 atom stereocenters. The van der Waals surface area contributed by atoms with Crippen LogP contribution in [-0.2, 0) is 19.0 Å². The Labute approximate surface area is 121 Å². The van der Waals surface area contributed by atoms with E-state index in [9.17, 15) is 13.2 Å². The Bertz CT molecular complexity index is 440. The Morgan fingerprint density at radius 3 is 2.30 bits per heavy atom. The molecule has 0 spiro atoms. The van der Waals surface area contributed by atoms with Crippen molar-refractivity contribution < 1.29 is 22.1 Å². The van der Waals surface area contributed by atoms with Crippen LogP contribution >= 0.6 is 0 Å². The molecule has 0 bridgehead atoms. The fourth-order valence-electron chi connectivity index (χ4n) is 2.34. The molecular formula is C13H25NO5S. The molecule has 20 heavy (non-hydrogen) atoms. The van der Waals surface area contributed by atoms with E-state index in [1.165, 1.54) is 0 Å². The van der Waals surface area contributed by atoms with Crippen molar-refractivity contribution in [3.63, 3.8) is 0 Å². The molecule has 1 rings (SSSR count). The summed E-state index contributed by atoms with van der Waals surface area (Å²) < 4.78 is 32.6. The summed E-state index contributed by atoms with van der Waals surface area (Å²) in [5.41, 5.74) is -0.522. The lowest BCUT2D eigenvalue weighted by atomic mass is 9.85. The quantitative estimate of drug-likeness (QED) is 0.807. The number of nitrogens with one attached hydrogen (secondary N) is 1. The molecule has 1 fully saturated rings. The highest BCUT2D eigenvalue weighted by molar-refractivity contribution is 7.86. The summed E-state index contributed by atoms with van der Waals surface area (Å²) in [6.45, 7) is 7.36. The summed E-state index contributed by atoms with van der Waals surface area (Å²) in [7, 11) is -3.43. The first-order valence-electron chi connectivity index (χ1n) is 6.84. The summed E-state index contributed by atoms with van der Waals surface area (Å²) in [4.78, 5) is 11.7. The van der Waals surface area contributed by atoms with Crippen molar-refractivity contribution in [3.8, 4) is 0 Å². The number of amides is 1. The highest BCUT2D eigenvalue weighted by Gasteiger charge is 2.32. The Kier molecular flexibility index (Phi) is 5.43. The molecule has 0 aromatic heterocycles. The van der Waals surface area contributed by atoms with Crippen molar-refractivity contribution in [1.29, 1.82) is 0 Å². The molecule has 0 aromatic carbocycles. The Morgan fingerprint density at radius 2 is 1.85 bits per heavy atom. The lowest BCUT2D eigenvalue weighted by Gasteiger charge is -2.33. The van der Waals surface area contributed by atoms with Gasteiger partial charge in [-0.2, -0.15) is 8.42 Å². The maximum atomic E-state index is 11.7. The topological polar surface area (TPSA) is 81.7 Å². The maximum absolute atomic E-state index is 11.7. The second kappa shape index (κ2) is 6.30. The van der Waals surface area contributed by atoms with E-state index in [-0.39, 0.29) is 18.1 Å². The van der Waals surface area contributed by atoms with E-state index < -0.39 is 21.8 Å². The second-order valence-corrected chi connectivity index (χ2v) is 8.07. The number of hydrogen-bond donors (Lipinski definition) is 1. The molecule has 1 N–H and O–H groups in total. The summed E-state index contributed by atoms with van der Waals surface area (Å²) in [6.07, 6.45) is 2.29. The second-order valence-electron chi connectivity index (χ2n) is 6.47. The Balaban J connectivity index is 2.46. The number of ether oxygens (including phenoxy) is 1. The first-order chi connectivity index (χ1) is 8.96. The molecule has 0 saturated heterocycles. The van der Waals surface area contributed by atoms with Gasteiger partial charge in [0.1, 0.15) is 5.60 Å². The van der Waals surface area contributed by atoms with Crippen LogP contribution < -0.4 is 5.32 Å². The maximum Gasteiger partial charge on any atom is 0.407 e. The van der Waals surface area contributed by atoms with E-state index in [2.05, 4.69) is 5.32 Å². The molecule has 1 aliphatic carbocycles. The van der Waals surface area contributed by atoms with Crippen LogP contribution in [0.5, 0.6) is 0 Å². The molecule has 0 aromatic rings. The largest absolute Gasteiger partial charge is 0.444 e. The molecule has 7 heteroatoms. The van der Waals surface area contributed by atoms with E-state index in [1.807, 2.05) is 27.7 Å². The van der Waals surface area contributed by atoms with Gasteiger partial charge in [0.05, 0.1) is 12.4 Å². The molecule has 6 nitrogen and oxygen atoms in total. The van der Waals surface area contributed by atoms with Crippen molar-refractivity contribution in [1.82, 2.24) is 5.32 Å². The molecule has 0 heterocycles. The minimum absolute atomic E-state index is 0.000685. The number of rotatable bonds is 3. The normalized spacial score (nSPS) is 27.9. The summed E-state index contributed by atoms with van der Waals surface area (Å²) in [5, 5.41) is 2.82. The zero-order valence-corrected chi connectivity index (χ0v) is 13.6. The molecule has 1 saturated carbocycles. The Hall–Kier alpha value is -0.820. The van der Waals surface area contributed by atoms with Gasteiger partial charge in [0, 0.05) is 6.04 Å². The van der Waals surface area contributed by atoms with Crippen molar-refractivity contribution >= 4 is 16.2 Å². The molecule has 1 aliphatic rings. The number of alkyl carbamates (subject to hydrolysis) is 1. The van der Waals surface area contributed by atoms with Crippen LogP contribution in [0.15, 0.2) is 0 Å². The van der Waals surface area contributed by atoms with Gasteiger partial charge in [-0.3, -0.25) is 4.18 Å². The van der Waals surface area contributed by atoms with E-state index in [4.69, 9.17) is 8.92 Å². The third kappa shape index (κ3) is 6.56. The third-order valence-corrected chi connectivity index (χ3v) is 3.71. The number of hydrogen-bond acceptors (Lipinski definition) is 5. The van der Waals surface area contributed by atoms with Crippen LogP contribution in [0.2, 0.25) is 0 Å². The number of carbonyl (C=O) groups is 1. The van der Waals surface area contributed by atoms with Crippen LogP contribution in [0.3, 0.4) is 0 Å². The lowest BCUT2D eigenvalue weighted by Crippen LogP contribution is -2.44. The lowest BCUT2D eigenvalue weighted by molar-refractivity contribution is 0.0431. The standard InChI is InChI=1S/C13H25NO5S/c1-9-8-10(14-12(15)18-13(2,3)4)6-7-11(9)19-20(5,16)17/h9-11H,6-8H2,1-5H3,(H,14,15). The minimum Gasteiger partial charge on any atom is -0.444 e. The molecule has 3 unspecified atom stereocenters. The van der Waals surface area contributed by atoms with Crippen LogP contribution in [0, 0.1) is 5.92 Å². The SMILES string of the molecule is CC1CC(NC(=O)OC(C)(C)C)CCC1OS(C)(=O)=O. The smallest absolute Gasteiger partial charge is 0.407 e. The van der Waals surface area contributed by atoms with Gasteiger partial charge >= 0.3 is 6.09 Å². The molecule has 0 radical (unpaired) electrons. The fraction of sp³-hybridized carbons (Fsp3) is 0.923. The van der Waals surface area contributed by atoms with Crippen LogP contribution in [0.4, 0.5) is 4.79 Å². The van der Waals surface area contributed by atoms with Crippen LogP contribution in [0.1, 0.15) is 47.0 Å². The van der Waals surface area contributed by atoms with Gasteiger partial charge in [-0.05, 0) is 46.0 Å². The van der Waals surface area contributed by atoms with Gasteiger partial charge in [0.25, 0.3) is 10.1 Å². The highest BCUT2D eigenvalue weighted by atomic mass is 32.2. The monoisotopic (exact) mass is 307 g/mol. The van der Waals surface area contributed by atoms with E-state index in [0.717, 1.165) is 6.26 Å². The molecule has 118 valence electrons.